The van der Waals surface area contributed by atoms with Crippen molar-refractivity contribution in [2.24, 2.45) is 11.7 Å². The summed E-state index contributed by atoms with van der Waals surface area (Å²) in [6.07, 6.45) is 3.84. The van der Waals surface area contributed by atoms with Crippen molar-refractivity contribution < 1.29 is 9.59 Å². The Kier molecular flexibility index (Phi) is 5.18. The fourth-order valence-corrected chi connectivity index (χ4v) is 3.82. The van der Waals surface area contributed by atoms with E-state index in [9.17, 15) is 9.59 Å². The van der Waals surface area contributed by atoms with Gasteiger partial charge in [0.2, 0.25) is 11.8 Å². The van der Waals surface area contributed by atoms with Crippen LogP contribution in [0.15, 0.2) is 6.07 Å². The smallest absolute Gasteiger partial charge is 0.236 e. The van der Waals surface area contributed by atoms with Gasteiger partial charge in [-0.2, -0.15) is 5.10 Å². The maximum absolute atomic E-state index is 12.6. The molecule has 0 radical (unpaired) electrons. The van der Waals surface area contributed by atoms with E-state index in [0.29, 0.717) is 19.0 Å². The van der Waals surface area contributed by atoms with Crippen LogP contribution in [0, 0.1) is 12.8 Å². The number of hydrogen-bond acceptors (Lipinski definition) is 4. The van der Waals surface area contributed by atoms with E-state index in [4.69, 9.17) is 5.73 Å². The zero-order valence-electron chi connectivity index (χ0n) is 14.3. The fraction of sp³-hybridized carbons (Fsp3) is 0.706. The van der Waals surface area contributed by atoms with Crippen molar-refractivity contribution >= 4 is 11.8 Å². The number of nitrogens with two attached hydrogens (primary N) is 1. The van der Waals surface area contributed by atoms with E-state index in [1.165, 1.54) is 0 Å². The summed E-state index contributed by atoms with van der Waals surface area (Å²) < 4.78 is 0. The second-order valence-corrected chi connectivity index (χ2v) is 7.13. The van der Waals surface area contributed by atoms with Crippen molar-refractivity contribution in [3.8, 4) is 0 Å². The molecule has 1 aromatic heterocycles. The number of likely N-dealkylation sites (tertiary alicyclic amines) is 2. The Morgan fingerprint density at radius 1 is 1.29 bits per heavy atom. The van der Waals surface area contributed by atoms with Crippen LogP contribution in [0.1, 0.15) is 43.0 Å². The predicted octanol–water partition coefficient (Wildman–Crippen LogP) is 0.621. The summed E-state index contributed by atoms with van der Waals surface area (Å²) in [5.74, 6) is 0.0132. The van der Waals surface area contributed by atoms with Crippen molar-refractivity contribution in [2.45, 2.75) is 38.5 Å². The molecule has 0 unspecified atom stereocenters. The van der Waals surface area contributed by atoms with Gasteiger partial charge in [0, 0.05) is 31.2 Å². The number of piperidine rings is 2. The lowest BCUT2D eigenvalue weighted by molar-refractivity contribution is -0.136. The first kappa shape index (κ1) is 17.0. The molecule has 3 heterocycles. The number of nitrogens with zero attached hydrogens (tertiary/aromatic N) is 3. The number of aromatic nitrogens is 2. The molecular weight excluding hydrogens is 306 g/mol. The third kappa shape index (κ3) is 3.95. The highest BCUT2D eigenvalue weighted by Crippen LogP contribution is 2.26. The lowest BCUT2D eigenvalue weighted by Crippen LogP contribution is -2.48. The van der Waals surface area contributed by atoms with Gasteiger partial charge in [-0.1, -0.05) is 0 Å². The number of primary amides is 1. The highest BCUT2D eigenvalue weighted by Gasteiger charge is 2.29. The highest BCUT2D eigenvalue weighted by molar-refractivity contribution is 5.81. The molecule has 7 nitrogen and oxygen atoms in total. The van der Waals surface area contributed by atoms with Gasteiger partial charge in [-0.15, -0.1) is 0 Å². The zero-order chi connectivity index (χ0) is 17.1. The first-order valence-electron chi connectivity index (χ1n) is 8.84. The van der Waals surface area contributed by atoms with Gasteiger partial charge in [0.15, 0.2) is 0 Å². The van der Waals surface area contributed by atoms with Crippen LogP contribution in [0.3, 0.4) is 0 Å². The van der Waals surface area contributed by atoms with Crippen LogP contribution in [0.25, 0.3) is 0 Å². The van der Waals surface area contributed by atoms with Gasteiger partial charge in [0.05, 0.1) is 18.2 Å². The van der Waals surface area contributed by atoms with E-state index in [1.807, 2.05) is 6.92 Å². The molecule has 2 aliphatic heterocycles. The maximum atomic E-state index is 12.6. The van der Waals surface area contributed by atoms with Crippen LogP contribution >= 0.6 is 0 Å². The minimum atomic E-state index is -0.292. The topological polar surface area (TPSA) is 95.3 Å². The molecule has 24 heavy (non-hydrogen) atoms. The largest absolute Gasteiger partial charge is 0.369 e. The Balaban J connectivity index is 1.55. The Hall–Kier alpha value is -1.89. The number of carbonyl (C=O) groups excluding carboxylic acids is 2. The fourth-order valence-electron chi connectivity index (χ4n) is 3.82. The predicted molar refractivity (Wildman–Crippen MR) is 90.2 cm³/mol. The third-order valence-corrected chi connectivity index (χ3v) is 5.18. The van der Waals surface area contributed by atoms with Gasteiger partial charge < -0.3 is 10.6 Å². The van der Waals surface area contributed by atoms with Gasteiger partial charge in [-0.05, 0) is 45.2 Å². The molecule has 3 rings (SSSR count). The number of nitrogens with one attached hydrogen (secondary N) is 1. The minimum absolute atomic E-state index is 0.111. The number of aromatic amines is 1. The molecule has 0 aromatic carbocycles. The lowest BCUT2D eigenvalue weighted by Gasteiger charge is -2.35. The van der Waals surface area contributed by atoms with Gasteiger partial charge >= 0.3 is 0 Å². The van der Waals surface area contributed by atoms with Crippen molar-refractivity contribution in [1.82, 2.24) is 20.0 Å². The van der Waals surface area contributed by atoms with E-state index >= 15 is 0 Å². The zero-order valence-corrected chi connectivity index (χ0v) is 14.3. The molecule has 3 N–H and O–H groups in total. The Bertz CT molecular complexity index is 600. The molecule has 1 aromatic rings. The van der Waals surface area contributed by atoms with Crippen LogP contribution in [0.4, 0.5) is 0 Å². The van der Waals surface area contributed by atoms with Crippen LogP contribution < -0.4 is 5.73 Å². The Labute approximate surface area is 142 Å². The van der Waals surface area contributed by atoms with Crippen LogP contribution in [-0.4, -0.2) is 64.5 Å². The monoisotopic (exact) mass is 333 g/mol. The molecule has 0 spiro atoms. The van der Waals surface area contributed by atoms with E-state index in [1.54, 1.807) is 4.90 Å². The number of aryl methyl sites for hydroxylation is 1. The number of hydrogen-bond donors (Lipinski definition) is 2. The molecule has 0 bridgehead atoms. The van der Waals surface area contributed by atoms with E-state index < -0.39 is 0 Å². The summed E-state index contributed by atoms with van der Waals surface area (Å²) >= 11 is 0. The number of rotatable bonds is 4. The molecule has 7 heteroatoms. The second kappa shape index (κ2) is 7.34. The van der Waals surface area contributed by atoms with Crippen LogP contribution in [-0.2, 0) is 9.59 Å². The first-order valence-corrected chi connectivity index (χ1v) is 8.84. The molecule has 2 fully saturated rings. The standard InChI is InChI=1S/C17H27N5O2/c1-12-8-15(20-19-12)13-4-2-6-21(9-13)11-16(23)22-7-3-5-14(10-22)17(18)24/h8,13-14H,2-7,9-11H2,1H3,(H2,18,24)(H,19,20)/t13-,14-/m1/s1. The average Bonchev–Trinajstić information content (AvgIpc) is 3.02. The summed E-state index contributed by atoms with van der Waals surface area (Å²) in [6, 6.07) is 2.10. The first-order chi connectivity index (χ1) is 11.5. The molecule has 2 aliphatic rings. The normalized spacial score (nSPS) is 25.6. The summed E-state index contributed by atoms with van der Waals surface area (Å²) in [5.41, 5.74) is 7.57. The van der Waals surface area contributed by atoms with Gasteiger partial charge in [-0.25, -0.2) is 0 Å². The molecule has 2 amide bonds. The molecule has 132 valence electrons. The number of H-pyrrole nitrogens is 1. The van der Waals surface area contributed by atoms with Crippen LogP contribution in [0.5, 0.6) is 0 Å². The Morgan fingerprint density at radius 2 is 2.08 bits per heavy atom. The Morgan fingerprint density at radius 3 is 2.79 bits per heavy atom. The van der Waals surface area contributed by atoms with Gasteiger partial charge in [-0.3, -0.25) is 19.6 Å². The molecule has 2 atom stereocenters. The quantitative estimate of drug-likeness (QED) is 0.844. The average molecular weight is 333 g/mol. The SMILES string of the molecule is Cc1cc([C@@H]2CCCN(CC(=O)N3CCC[C@@H](C(N)=O)C3)C2)n[nH]1. The number of carbonyl (C=O) groups is 2. The van der Waals surface area contributed by atoms with Crippen molar-refractivity contribution in [3.05, 3.63) is 17.5 Å². The summed E-state index contributed by atoms with van der Waals surface area (Å²) in [7, 11) is 0. The molecule has 0 saturated carbocycles. The van der Waals surface area contributed by atoms with E-state index in [2.05, 4.69) is 21.2 Å². The molecule has 2 saturated heterocycles. The third-order valence-electron chi connectivity index (χ3n) is 5.18. The van der Waals surface area contributed by atoms with Crippen molar-refractivity contribution in [1.29, 1.82) is 0 Å². The minimum Gasteiger partial charge on any atom is -0.369 e. The summed E-state index contributed by atoms with van der Waals surface area (Å²) in [5, 5.41) is 7.38. The van der Waals surface area contributed by atoms with E-state index in [-0.39, 0.29) is 17.7 Å². The highest BCUT2D eigenvalue weighted by atomic mass is 16.2. The second-order valence-electron chi connectivity index (χ2n) is 7.13. The summed E-state index contributed by atoms with van der Waals surface area (Å²) in [4.78, 5) is 28.0. The van der Waals surface area contributed by atoms with Gasteiger partial charge in [0.25, 0.3) is 0 Å². The molecule has 0 aliphatic carbocycles. The van der Waals surface area contributed by atoms with Crippen molar-refractivity contribution in [3.63, 3.8) is 0 Å². The van der Waals surface area contributed by atoms with E-state index in [0.717, 1.165) is 56.7 Å². The lowest BCUT2D eigenvalue weighted by atomic mass is 9.94. The number of amides is 2. The van der Waals surface area contributed by atoms with Gasteiger partial charge in [0.1, 0.15) is 0 Å². The van der Waals surface area contributed by atoms with Crippen LogP contribution in [0.2, 0.25) is 0 Å². The molecular formula is C17H27N5O2. The van der Waals surface area contributed by atoms with Crippen molar-refractivity contribution in [2.75, 3.05) is 32.7 Å². The summed E-state index contributed by atoms with van der Waals surface area (Å²) in [6.45, 7) is 5.45. The maximum Gasteiger partial charge on any atom is 0.236 e.